The minimum absolute atomic E-state index is 0.0768. The summed E-state index contributed by atoms with van der Waals surface area (Å²) in [6, 6.07) is 7.80. The van der Waals surface area contributed by atoms with Gasteiger partial charge in [0.15, 0.2) is 0 Å². The first kappa shape index (κ1) is 17.5. The maximum Gasteiger partial charge on any atom is 0.237 e. The third-order valence-electron chi connectivity index (χ3n) is 4.93. The van der Waals surface area contributed by atoms with E-state index in [9.17, 15) is 4.79 Å². The van der Waals surface area contributed by atoms with Crippen molar-refractivity contribution in [3.8, 4) is 5.75 Å². The lowest BCUT2D eigenvalue weighted by atomic mass is 10.1. The zero-order valence-electron chi connectivity index (χ0n) is 15.2. The summed E-state index contributed by atoms with van der Waals surface area (Å²) in [5.41, 5.74) is 3.56. The molecular formula is C19H26N4O2. The van der Waals surface area contributed by atoms with Crippen LogP contribution in [0.15, 0.2) is 30.6 Å². The summed E-state index contributed by atoms with van der Waals surface area (Å²) in [5, 5.41) is 3.05. The highest BCUT2D eigenvalue weighted by molar-refractivity contribution is 5.81. The van der Waals surface area contributed by atoms with Crippen molar-refractivity contribution in [2.45, 2.75) is 32.4 Å². The maximum atomic E-state index is 12.5. The Hall–Kier alpha value is -2.34. The molecule has 3 rings (SSSR count). The standard InChI is InChI=1S/C19H26N4O2/c1-14(23-11-9-18-17(12-23)21-13-22(18)2)19(24)20-10-8-15-4-6-16(25-3)7-5-15/h4-7,13-14H,8-12H2,1-3H3,(H,20,24)/t14-/m0/s1. The summed E-state index contributed by atoms with van der Waals surface area (Å²) < 4.78 is 7.23. The number of methoxy groups -OCH3 is 1. The van der Waals surface area contributed by atoms with Crippen LogP contribution in [0.25, 0.3) is 0 Å². The zero-order chi connectivity index (χ0) is 17.8. The fraction of sp³-hybridized carbons (Fsp3) is 0.474. The molecule has 0 saturated heterocycles. The van der Waals surface area contributed by atoms with E-state index in [1.807, 2.05) is 44.6 Å². The highest BCUT2D eigenvalue weighted by atomic mass is 16.5. The Bertz CT molecular complexity index is 724. The van der Waals surface area contributed by atoms with Crippen LogP contribution in [-0.4, -0.2) is 46.6 Å². The summed E-state index contributed by atoms with van der Waals surface area (Å²) in [6.07, 6.45) is 3.61. The molecule has 6 nitrogen and oxygen atoms in total. The van der Waals surface area contributed by atoms with Crippen LogP contribution in [0.5, 0.6) is 5.75 Å². The van der Waals surface area contributed by atoms with Crippen LogP contribution in [0.2, 0.25) is 0 Å². The molecule has 1 aliphatic rings. The number of hydrogen-bond acceptors (Lipinski definition) is 4. The third kappa shape index (κ3) is 4.02. The Labute approximate surface area is 148 Å². The van der Waals surface area contributed by atoms with Gasteiger partial charge in [-0.1, -0.05) is 12.1 Å². The molecule has 1 amide bonds. The van der Waals surface area contributed by atoms with Gasteiger partial charge < -0.3 is 14.6 Å². The molecule has 0 bridgehead atoms. The molecule has 0 radical (unpaired) electrons. The van der Waals surface area contributed by atoms with Gasteiger partial charge in [0, 0.05) is 38.8 Å². The van der Waals surface area contributed by atoms with Gasteiger partial charge in [0.25, 0.3) is 0 Å². The Morgan fingerprint density at radius 3 is 2.84 bits per heavy atom. The topological polar surface area (TPSA) is 59.4 Å². The second-order valence-electron chi connectivity index (χ2n) is 6.53. The van der Waals surface area contributed by atoms with Crippen LogP contribution in [-0.2, 0) is 31.2 Å². The van der Waals surface area contributed by atoms with Gasteiger partial charge in [-0.3, -0.25) is 9.69 Å². The summed E-state index contributed by atoms with van der Waals surface area (Å²) in [5.74, 6) is 0.924. The van der Waals surface area contributed by atoms with E-state index < -0.39 is 0 Å². The van der Waals surface area contributed by atoms with Gasteiger partial charge in [0.05, 0.1) is 25.2 Å². The molecule has 1 aromatic carbocycles. The smallest absolute Gasteiger partial charge is 0.237 e. The molecule has 1 aromatic heterocycles. The Balaban J connectivity index is 1.47. The van der Waals surface area contributed by atoms with Crippen LogP contribution in [0.3, 0.4) is 0 Å². The van der Waals surface area contributed by atoms with Crippen molar-refractivity contribution in [3.05, 3.63) is 47.5 Å². The van der Waals surface area contributed by atoms with Gasteiger partial charge in [-0.25, -0.2) is 4.98 Å². The van der Waals surface area contributed by atoms with E-state index in [4.69, 9.17) is 4.74 Å². The predicted octanol–water partition coefficient (Wildman–Crippen LogP) is 1.53. The molecule has 0 aliphatic carbocycles. The lowest BCUT2D eigenvalue weighted by Gasteiger charge is -2.31. The minimum atomic E-state index is -0.147. The number of nitrogens with zero attached hydrogens (tertiary/aromatic N) is 3. The number of fused-ring (bicyclic) bond motifs is 1. The van der Waals surface area contributed by atoms with E-state index in [1.54, 1.807) is 7.11 Å². The van der Waals surface area contributed by atoms with Crippen molar-refractivity contribution in [1.29, 1.82) is 0 Å². The van der Waals surface area contributed by atoms with Crippen molar-refractivity contribution >= 4 is 5.91 Å². The van der Waals surface area contributed by atoms with E-state index in [2.05, 4.69) is 19.8 Å². The first-order chi connectivity index (χ1) is 12.1. The van der Waals surface area contributed by atoms with E-state index >= 15 is 0 Å². The van der Waals surface area contributed by atoms with Gasteiger partial charge in [-0.2, -0.15) is 0 Å². The molecule has 1 N–H and O–H groups in total. The van der Waals surface area contributed by atoms with E-state index in [-0.39, 0.29) is 11.9 Å². The zero-order valence-corrected chi connectivity index (χ0v) is 15.2. The number of aryl methyl sites for hydroxylation is 1. The number of imidazole rings is 1. The predicted molar refractivity (Wildman–Crippen MR) is 96.5 cm³/mol. The first-order valence-corrected chi connectivity index (χ1v) is 8.72. The molecule has 1 atom stereocenters. The van der Waals surface area contributed by atoms with Gasteiger partial charge in [-0.05, 0) is 31.0 Å². The Kier molecular flexibility index (Phi) is 5.38. The summed E-state index contributed by atoms with van der Waals surface area (Å²) >= 11 is 0. The van der Waals surface area contributed by atoms with Crippen molar-refractivity contribution in [2.75, 3.05) is 20.2 Å². The number of rotatable bonds is 6. The molecule has 2 heterocycles. The number of aromatic nitrogens is 2. The minimum Gasteiger partial charge on any atom is -0.497 e. The molecule has 1 aliphatic heterocycles. The fourth-order valence-electron chi connectivity index (χ4n) is 3.24. The fourth-order valence-corrected chi connectivity index (χ4v) is 3.24. The van der Waals surface area contributed by atoms with Crippen molar-refractivity contribution < 1.29 is 9.53 Å². The molecular weight excluding hydrogens is 316 g/mol. The summed E-state index contributed by atoms with van der Waals surface area (Å²) in [7, 11) is 3.68. The van der Waals surface area contributed by atoms with Crippen LogP contribution >= 0.6 is 0 Å². The van der Waals surface area contributed by atoms with E-state index in [1.165, 1.54) is 11.3 Å². The molecule has 134 valence electrons. The Morgan fingerprint density at radius 2 is 2.12 bits per heavy atom. The SMILES string of the molecule is COc1ccc(CCNC(=O)[C@H](C)N2CCc3c(ncn3C)C2)cc1. The molecule has 0 saturated carbocycles. The average molecular weight is 342 g/mol. The second kappa shape index (κ2) is 7.70. The summed E-state index contributed by atoms with van der Waals surface area (Å²) in [4.78, 5) is 19.1. The molecule has 2 aromatic rings. The number of amides is 1. The van der Waals surface area contributed by atoms with Gasteiger partial charge in [0.2, 0.25) is 5.91 Å². The number of ether oxygens (including phenoxy) is 1. The molecule has 0 spiro atoms. The average Bonchev–Trinajstić information content (AvgIpc) is 3.02. The van der Waals surface area contributed by atoms with E-state index in [0.29, 0.717) is 6.54 Å². The van der Waals surface area contributed by atoms with Crippen molar-refractivity contribution in [1.82, 2.24) is 19.8 Å². The van der Waals surface area contributed by atoms with Gasteiger partial charge in [-0.15, -0.1) is 0 Å². The maximum absolute atomic E-state index is 12.5. The van der Waals surface area contributed by atoms with Gasteiger partial charge >= 0.3 is 0 Å². The number of carbonyl (C=O) groups excluding carboxylic acids is 1. The first-order valence-electron chi connectivity index (χ1n) is 8.72. The molecule has 0 fully saturated rings. The highest BCUT2D eigenvalue weighted by Crippen LogP contribution is 2.19. The van der Waals surface area contributed by atoms with Crippen LogP contribution in [0.4, 0.5) is 0 Å². The monoisotopic (exact) mass is 342 g/mol. The Morgan fingerprint density at radius 1 is 1.36 bits per heavy atom. The highest BCUT2D eigenvalue weighted by Gasteiger charge is 2.27. The number of hydrogen-bond donors (Lipinski definition) is 1. The van der Waals surface area contributed by atoms with Crippen LogP contribution < -0.4 is 10.1 Å². The van der Waals surface area contributed by atoms with Crippen LogP contribution in [0.1, 0.15) is 23.9 Å². The number of benzene rings is 1. The van der Waals surface area contributed by atoms with E-state index in [0.717, 1.165) is 37.4 Å². The lowest BCUT2D eigenvalue weighted by Crippen LogP contribution is -2.47. The number of nitrogens with one attached hydrogen (secondary N) is 1. The largest absolute Gasteiger partial charge is 0.497 e. The number of carbonyl (C=O) groups is 1. The van der Waals surface area contributed by atoms with Gasteiger partial charge in [0.1, 0.15) is 5.75 Å². The van der Waals surface area contributed by atoms with Crippen LogP contribution in [0, 0.1) is 0 Å². The normalized spacial score (nSPS) is 15.5. The summed E-state index contributed by atoms with van der Waals surface area (Å²) in [6.45, 7) is 4.23. The molecule has 0 unspecified atom stereocenters. The third-order valence-corrected chi connectivity index (χ3v) is 4.93. The second-order valence-corrected chi connectivity index (χ2v) is 6.53. The van der Waals surface area contributed by atoms with Crippen molar-refractivity contribution in [3.63, 3.8) is 0 Å². The quantitative estimate of drug-likeness (QED) is 0.865. The lowest BCUT2D eigenvalue weighted by molar-refractivity contribution is -0.126. The molecule has 25 heavy (non-hydrogen) atoms. The van der Waals surface area contributed by atoms with Crippen molar-refractivity contribution in [2.24, 2.45) is 7.05 Å². The molecule has 6 heteroatoms.